The number of rotatable bonds is 8. The van der Waals surface area contributed by atoms with Crippen molar-refractivity contribution >= 4 is 47.2 Å². The molecule has 0 saturated carbocycles. The van der Waals surface area contributed by atoms with Crippen molar-refractivity contribution in [2.24, 2.45) is 5.73 Å². The molecule has 0 radical (unpaired) electrons. The van der Waals surface area contributed by atoms with E-state index in [1.807, 2.05) is 24.3 Å². The second-order valence-electron chi connectivity index (χ2n) is 7.55. The molecule has 3 rings (SSSR count). The minimum Gasteiger partial charge on any atom is -0.489 e. The summed E-state index contributed by atoms with van der Waals surface area (Å²) in [5.74, 6) is 0.997. The molecule has 0 atom stereocenters. The van der Waals surface area contributed by atoms with Crippen molar-refractivity contribution < 1.29 is 9.53 Å². The van der Waals surface area contributed by atoms with Gasteiger partial charge in [0.1, 0.15) is 12.4 Å². The fraction of sp³-hybridized carbons (Fsp3) is 0.240. The molecule has 0 aromatic heterocycles. The summed E-state index contributed by atoms with van der Waals surface area (Å²) >= 11 is 12.2. The molecule has 3 aromatic rings. The highest BCUT2D eigenvalue weighted by molar-refractivity contribution is 6.37. The monoisotopic (exact) mass is 492 g/mol. The Bertz CT molecular complexity index is 1020. The highest BCUT2D eigenvalue weighted by Gasteiger charge is 2.20. The topological polar surface area (TPSA) is 55.6 Å². The van der Waals surface area contributed by atoms with Gasteiger partial charge in [-0.2, -0.15) is 0 Å². The molecule has 32 heavy (non-hydrogen) atoms. The first-order chi connectivity index (χ1) is 14.9. The number of nitrogens with two attached hydrogens (primary N) is 1. The van der Waals surface area contributed by atoms with Crippen LogP contribution in [0, 0.1) is 0 Å². The van der Waals surface area contributed by atoms with Gasteiger partial charge >= 0.3 is 0 Å². The number of carbonyl (C=O) groups is 1. The van der Waals surface area contributed by atoms with Gasteiger partial charge < -0.3 is 15.4 Å². The standard InChI is InChI=1S/C25H26Cl2N2O2.ClH/c1-17(2)19-5-3-18(4-6-19)16-31-22-10-8-21(9-11-22)29(14-13-28)25(30)23-12-7-20(26)15-24(23)27;/h3-12,15,17H,13-14,16,28H2,1-2H3;1H. The molecule has 0 heterocycles. The molecule has 0 fully saturated rings. The van der Waals surface area contributed by atoms with E-state index in [2.05, 4.69) is 38.1 Å². The van der Waals surface area contributed by atoms with E-state index in [1.165, 1.54) is 5.56 Å². The quantitative estimate of drug-likeness (QED) is 0.379. The molecule has 0 aliphatic rings. The molecule has 1 amide bonds. The summed E-state index contributed by atoms with van der Waals surface area (Å²) < 4.78 is 5.90. The summed E-state index contributed by atoms with van der Waals surface area (Å²) in [6.07, 6.45) is 0. The second kappa shape index (κ2) is 12.1. The van der Waals surface area contributed by atoms with Gasteiger partial charge in [-0.15, -0.1) is 12.4 Å². The molecule has 0 aliphatic carbocycles. The van der Waals surface area contributed by atoms with E-state index in [9.17, 15) is 4.79 Å². The van der Waals surface area contributed by atoms with Crippen LogP contribution in [0.3, 0.4) is 0 Å². The Hall–Kier alpha value is -2.24. The van der Waals surface area contributed by atoms with Crippen LogP contribution in [0.1, 0.15) is 41.3 Å². The van der Waals surface area contributed by atoms with Crippen molar-refractivity contribution in [2.75, 3.05) is 18.0 Å². The van der Waals surface area contributed by atoms with Crippen molar-refractivity contribution in [3.63, 3.8) is 0 Å². The Morgan fingerprint density at radius 2 is 1.66 bits per heavy atom. The minimum absolute atomic E-state index is 0. The van der Waals surface area contributed by atoms with Gasteiger partial charge in [0.05, 0.1) is 10.6 Å². The number of benzene rings is 3. The molecular formula is C25H27Cl3N2O2. The molecule has 0 unspecified atom stereocenters. The third-order valence-corrected chi connectivity index (χ3v) is 5.51. The van der Waals surface area contributed by atoms with Crippen molar-refractivity contribution in [3.05, 3.63) is 93.5 Å². The highest BCUT2D eigenvalue weighted by Crippen LogP contribution is 2.26. The van der Waals surface area contributed by atoms with Crippen LogP contribution in [0.15, 0.2) is 66.7 Å². The zero-order chi connectivity index (χ0) is 22.4. The first-order valence-electron chi connectivity index (χ1n) is 10.2. The first-order valence-corrected chi connectivity index (χ1v) is 10.9. The van der Waals surface area contributed by atoms with Gasteiger partial charge in [-0.05, 0) is 59.5 Å². The van der Waals surface area contributed by atoms with Crippen LogP contribution < -0.4 is 15.4 Å². The summed E-state index contributed by atoms with van der Waals surface area (Å²) in [5.41, 5.74) is 9.25. The molecule has 2 N–H and O–H groups in total. The fourth-order valence-electron chi connectivity index (χ4n) is 3.17. The predicted molar refractivity (Wildman–Crippen MR) is 136 cm³/mol. The van der Waals surface area contributed by atoms with Crippen molar-refractivity contribution in [1.82, 2.24) is 0 Å². The van der Waals surface area contributed by atoms with Gasteiger partial charge in [0.2, 0.25) is 0 Å². The van der Waals surface area contributed by atoms with Crippen molar-refractivity contribution in [3.8, 4) is 5.75 Å². The van der Waals surface area contributed by atoms with Crippen molar-refractivity contribution in [1.29, 1.82) is 0 Å². The molecule has 170 valence electrons. The van der Waals surface area contributed by atoms with Crippen molar-refractivity contribution in [2.45, 2.75) is 26.4 Å². The Morgan fingerprint density at radius 3 is 2.22 bits per heavy atom. The molecule has 0 aliphatic heterocycles. The van der Waals surface area contributed by atoms with E-state index in [1.54, 1.807) is 23.1 Å². The van der Waals surface area contributed by atoms with E-state index in [0.717, 1.165) is 17.0 Å². The number of hydrogen-bond acceptors (Lipinski definition) is 3. The van der Waals surface area contributed by atoms with Crippen LogP contribution >= 0.6 is 35.6 Å². The number of halogens is 3. The lowest BCUT2D eigenvalue weighted by Gasteiger charge is -2.23. The van der Waals surface area contributed by atoms with Crippen LogP contribution in [-0.4, -0.2) is 19.0 Å². The van der Waals surface area contributed by atoms with E-state index >= 15 is 0 Å². The lowest BCUT2D eigenvalue weighted by molar-refractivity contribution is 0.0987. The zero-order valence-electron chi connectivity index (χ0n) is 18.1. The fourth-order valence-corrected chi connectivity index (χ4v) is 3.66. The number of ether oxygens (including phenoxy) is 1. The van der Waals surface area contributed by atoms with Gasteiger partial charge in [-0.1, -0.05) is 61.3 Å². The largest absolute Gasteiger partial charge is 0.489 e. The normalized spacial score (nSPS) is 10.6. The number of amides is 1. The average molecular weight is 494 g/mol. The number of anilines is 1. The zero-order valence-corrected chi connectivity index (χ0v) is 20.4. The summed E-state index contributed by atoms with van der Waals surface area (Å²) in [4.78, 5) is 14.7. The van der Waals surface area contributed by atoms with Crippen LogP contribution in [0.2, 0.25) is 10.0 Å². The average Bonchev–Trinajstić information content (AvgIpc) is 2.76. The van der Waals surface area contributed by atoms with Gasteiger partial charge in [0, 0.05) is 23.8 Å². The maximum Gasteiger partial charge on any atom is 0.259 e. The van der Waals surface area contributed by atoms with Gasteiger partial charge in [0.25, 0.3) is 5.91 Å². The molecular weight excluding hydrogens is 467 g/mol. The van der Waals surface area contributed by atoms with Crippen LogP contribution in [0.4, 0.5) is 5.69 Å². The maximum atomic E-state index is 13.0. The summed E-state index contributed by atoms with van der Waals surface area (Å²) in [6, 6.07) is 20.6. The number of hydrogen-bond donors (Lipinski definition) is 1. The summed E-state index contributed by atoms with van der Waals surface area (Å²) in [5, 5.41) is 0.787. The molecule has 0 spiro atoms. The van der Waals surface area contributed by atoms with Crippen LogP contribution in [-0.2, 0) is 6.61 Å². The third-order valence-electron chi connectivity index (χ3n) is 4.96. The van der Waals surface area contributed by atoms with Crippen LogP contribution in [0.5, 0.6) is 5.75 Å². The Kier molecular flexibility index (Phi) is 9.85. The van der Waals surface area contributed by atoms with Gasteiger partial charge in [-0.25, -0.2) is 0 Å². The van der Waals surface area contributed by atoms with E-state index < -0.39 is 0 Å². The van der Waals surface area contributed by atoms with Crippen LogP contribution in [0.25, 0.3) is 0 Å². The molecule has 7 heteroatoms. The molecule has 0 bridgehead atoms. The predicted octanol–water partition coefficient (Wildman–Crippen LogP) is 6.72. The highest BCUT2D eigenvalue weighted by atomic mass is 35.5. The molecule has 3 aromatic carbocycles. The lowest BCUT2D eigenvalue weighted by atomic mass is 10.0. The Labute approximate surface area is 205 Å². The molecule has 0 saturated heterocycles. The van der Waals surface area contributed by atoms with E-state index in [-0.39, 0.29) is 18.3 Å². The second-order valence-corrected chi connectivity index (χ2v) is 8.39. The minimum atomic E-state index is -0.231. The Balaban J connectivity index is 0.00000363. The SMILES string of the molecule is CC(C)c1ccc(COc2ccc(N(CCN)C(=O)c3ccc(Cl)cc3Cl)cc2)cc1.Cl. The number of nitrogens with zero attached hydrogens (tertiary/aromatic N) is 1. The lowest BCUT2D eigenvalue weighted by Crippen LogP contribution is -2.35. The summed E-state index contributed by atoms with van der Waals surface area (Å²) in [7, 11) is 0. The van der Waals surface area contributed by atoms with E-state index in [4.69, 9.17) is 33.7 Å². The smallest absolute Gasteiger partial charge is 0.259 e. The maximum absolute atomic E-state index is 13.0. The number of carbonyl (C=O) groups excluding carboxylic acids is 1. The van der Waals surface area contributed by atoms with Gasteiger partial charge in [-0.3, -0.25) is 4.79 Å². The van der Waals surface area contributed by atoms with Gasteiger partial charge in [0.15, 0.2) is 0 Å². The Morgan fingerprint density at radius 1 is 1.00 bits per heavy atom. The molecule has 4 nitrogen and oxygen atoms in total. The third kappa shape index (κ3) is 6.63. The summed E-state index contributed by atoms with van der Waals surface area (Å²) in [6.45, 7) is 5.50. The first kappa shape index (κ1) is 26.0. The van der Waals surface area contributed by atoms with E-state index in [0.29, 0.717) is 41.2 Å².